The van der Waals surface area contributed by atoms with Crippen molar-refractivity contribution in [2.24, 2.45) is 0 Å². The van der Waals surface area contributed by atoms with Gasteiger partial charge in [-0.25, -0.2) is 23.8 Å². The van der Waals surface area contributed by atoms with E-state index in [1.165, 1.54) is 50.5 Å². The van der Waals surface area contributed by atoms with Gasteiger partial charge in [-0.1, -0.05) is 13.8 Å². The van der Waals surface area contributed by atoms with E-state index in [-0.39, 0.29) is 64.0 Å². The molecule has 0 atom stereocenters. The van der Waals surface area contributed by atoms with Crippen molar-refractivity contribution in [2.45, 2.75) is 33.2 Å². The number of alkyl halides is 1. The fraction of sp³-hybridized carbons (Fsp3) is 0.308. The summed E-state index contributed by atoms with van der Waals surface area (Å²) in [6.45, 7) is 4.19. The number of rotatable bonds is 4. The Morgan fingerprint density at radius 3 is 1.30 bits per heavy atom. The molecule has 0 saturated heterocycles. The van der Waals surface area contributed by atoms with Crippen LogP contribution in [0.2, 0.25) is 0 Å². The minimum absolute atomic E-state index is 0. The van der Waals surface area contributed by atoms with Gasteiger partial charge in [0.05, 0.1) is 49.6 Å². The average Bonchev–Trinajstić information content (AvgIpc) is 3.14. The number of methoxy groups -OCH3 is 1. The molecule has 0 spiro atoms. The van der Waals surface area contributed by atoms with Crippen LogP contribution in [0.4, 0.5) is 0 Å². The first-order valence-electron chi connectivity index (χ1n) is 13.6. The normalized spacial score (nSPS) is 8.51. The molecule has 4 aromatic heterocycles. The Hall–Kier alpha value is -2.91. The van der Waals surface area contributed by atoms with E-state index < -0.39 is 31.6 Å². The number of carboxylic acid groups (broad SMARTS) is 1. The van der Waals surface area contributed by atoms with Crippen LogP contribution >= 0.6 is 33.0 Å². The van der Waals surface area contributed by atoms with Crippen LogP contribution in [0.5, 0.6) is 0 Å². The fourth-order valence-corrected chi connectivity index (χ4v) is 1.87. The Bertz CT molecular complexity index is 1460. The van der Waals surface area contributed by atoms with Crippen molar-refractivity contribution < 1.29 is 88.8 Å². The van der Waals surface area contributed by atoms with Crippen LogP contribution in [-0.4, -0.2) is 123 Å². The summed E-state index contributed by atoms with van der Waals surface area (Å²) in [5, 5.41) is 31.3. The summed E-state index contributed by atoms with van der Waals surface area (Å²) in [6.07, 6.45) is 17.8. The van der Waals surface area contributed by atoms with Crippen LogP contribution in [0.3, 0.4) is 0 Å². The number of aromatic nitrogens is 8. The summed E-state index contributed by atoms with van der Waals surface area (Å²) in [4.78, 5) is 50.5. The van der Waals surface area contributed by atoms with Crippen molar-refractivity contribution in [1.29, 1.82) is 0 Å². The smallest absolute Gasteiger partial charge is 1.00 e. The molecule has 0 aromatic carbocycles. The summed E-state index contributed by atoms with van der Waals surface area (Å²) in [7, 11) is 4.99. The molecule has 27 heteroatoms. The van der Waals surface area contributed by atoms with Crippen LogP contribution < -0.4 is 29.6 Å². The van der Waals surface area contributed by atoms with E-state index >= 15 is 0 Å². The van der Waals surface area contributed by atoms with Gasteiger partial charge in [-0.15, -0.1) is 11.6 Å². The molecule has 0 bridgehead atoms. The zero-order valence-electron chi connectivity index (χ0n) is 31.0. The number of carbonyl (C=O) groups excluding carboxylic acids is 1. The van der Waals surface area contributed by atoms with E-state index in [0.29, 0.717) is 18.5 Å². The van der Waals surface area contributed by atoms with Crippen LogP contribution in [0.25, 0.3) is 0 Å². The summed E-state index contributed by atoms with van der Waals surface area (Å²) in [5.41, 5.74) is 1.61. The largest absolute Gasteiger partial charge is 1.00 e. The fourth-order valence-electron chi connectivity index (χ4n) is 1.73. The number of ether oxygens (including phenoxy) is 1. The zero-order valence-corrected chi connectivity index (χ0v) is 34.9. The van der Waals surface area contributed by atoms with Crippen LogP contribution in [0.15, 0.2) is 74.4 Å². The number of esters is 1. The molecule has 0 amide bonds. The van der Waals surface area contributed by atoms with Gasteiger partial charge in [0, 0.05) is 101 Å². The average molecular weight is 862 g/mol. The molecule has 0 aliphatic rings. The molecular weight excluding hydrogens is 821 g/mol. The van der Waals surface area contributed by atoms with Crippen molar-refractivity contribution >= 4 is 72.9 Å². The number of aliphatic hydroxyl groups is 3. The first-order valence-corrected chi connectivity index (χ1v) is 17.6. The zero-order chi connectivity index (χ0) is 41.2. The molecule has 0 fully saturated rings. The van der Waals surface area contributed by atoms with E-state index in [2.05, 4.69) is 66.0 Å². The van der Waals surface area contributed by atoms with E-state index in [1.807, 2.05) is 0 Å². The Balaban J connectivity index is -0.0000000778. The third-order valence-electron chi connectivity index (χ3n) is 3.27. The maximum Gasteiger partial charge on any atom is 1.00 e. The predicted octanol–water partition coefficient (Wildman–Crippen LogP) is -0.619. The summed E-state index contributed by atoms with van der Waals surface area (Å²) in [6, 6.07) is 0. The Morgan fingerprint density at radius 1 is 0.830 bits per heavy atom. The first kappa shape index (κ1) is 62.1. The van der Waals surface area contributed by atoms with Crippen LogP contribution in [0.1, 0.15) is 55.9 Å². The number of hydrogen-bond acceptors (Lipinski definition) is 17. The summed E-state index contributed by atoms with van der Waals surface area (Å²) < 4.78 is 51.3. The number of nitrogens with zero attached hydrogens (tertiary/aromatic N) is 8. The maximum absolute atomic E-state index is 10.7. The molecule has 0 aliphatic carbocycles. The molecule has 4 heterocycles. The Labute approximate surface area is 350 Å². The predicted molar refractivity (Wildman–Crippen MR) is 195 cm³/mol. The topological polar surface area (TPSA) is 319 Å². The van der Waals surface area contributed by atoms with E-state index in [9.17, 15) is 9.59 Å². The Kier molecular flexibility index (Phi) is 57.5. The molecule has 4 rings (SSSR count). The number of carboxylic acids is 1. The van der Waals surface area contributed by atoms with Crippen molar-refractivity contribution in [2.75, 3.05) is 20.8 Å². The molecular formula is C26H40BCl3N8NaO12S2. The van der Waals surface area contributed by atoms with Crippen LogP contribution in [0, 0.1) is 0 Å². The molecule has 3 radical (unpaired) electrons. The van der Waals surface area contributed by atoms with E-state index in [0.717, 1.165) is 12.8 Å². The van der Waals surface area contributed by atoms with E-state index in [4.69, 9.17) is 55.1 Å². The van der Waals surface area contributed by atoms with Gasteiger partial charge in [-0.2, -0.15) is 8.42 Å². The van der Waals surface area contributed by atoms with Crippen LogP contribution in [-0.2, 0) is 36.8 Å². The number of aliphatic hydroxyl groups excluding tert-OH is 3. The SMILES string of the molecule is CCO.CO.COC(=O)c1cnccn1.ClCc1cnccn1.O=C(O)c1cnccn1.O=S(=O)(O)O.O=S(Cl)Cl.OCc1cnccn1.[2H]CC.[B].[H-].[Na+]. The minimum Gasteiger partial charge on any atom is -1.00 e. The number of carbonyl (C=O) groups is 2. The van der Waals surface area contributed by atoms with Gasteiger partial charge >= 0.3 is 51.9 Å². The second-order valence-corrected chi connectivity index (χ2v) is 10.3. The van der Waals surface area contributed by atoms with Gasteiger partial charge in [0.25, 0.3) is 0 Å². The van der Waals surface area contributed by atoms with Gasteiger partial charge in [-0.3, -0.25) is 39.0 Å². The molecule has 4 aromatic rings. The van der Waals surface area contributed by atoms with Gasteiger partial charge in [0.2, 0.25) is 9.23 Å². The van der Waals surface area contributed by atoms with Gasteiger partial charge in [0.1, 0.15) is 0 Å². The van der Waals surface area contributed by atoms with E-state index in [1.54, 1.807) is 44.8 Å². The molecule has 53 heavy (non-hydrogen) atoms. The maximum atomic E-state index is 10.7. The van der Waals surface area contributed by atoms with Crippen molar-refractivity contribution in [3.8, 4) is 0 Å². The van der Waals surface area contributed by atoms with Gasteiger partial charge in [-0.05, 0) is 6.92 Å². The second kappa shape index (κ2) is 49.1. The van der Waals surface area contributed by atoms with Gasteiger partial charge < -0.3 is 26.6 Å². The molecule has 0 saturated carbocycles. The third-order valence-corrected chi connectivity index (χ3v) is 3.55. The molecule has 293 valence electrons. The first-order chi connectivity index (χ1) is 24.6. The number of aromatic carboxylic acids is 1. The van der Waals surface area contributed by atoms with Crippen molar-refractivity contribution in [3.63, 3.8) is 0 Å². The number of halogens is 3. The van der Waals surface area contributed by atoms with Gasteiger partial charge in [0.15, 0.2) is 11.4 Å². The van der Waals surface area contributed by atoms with Crippen molar-refractivity contribution in [3.05, 3.63) is 97.1 Å². The standard InChI is InChI=1S/C6H6N2O2.C5H5ClN2.C5H4N2O2.C5H6N2O.C2H6O.C2H6.CH4O.B.Cl2OS.Na.H2O4S.H/c1-10-6(9)5-4-7-2-3-8-5;6-3-5-4-7-1-2-8-5;8-5(9)4-3-6-1-2-7-4;8-4-5-3-6-1-2-7-5;1-2-3;2*1-2;;1-4(2)3;;1-5(2,3)4;/h2-4H,1H3;1-2,4H,3H2;1-3H,(H,8,9);1-3,8H,4H2;3H,2H2,1H3;1-2H3;2H,1H3;;;;(H2,1,2,3,4);/q;;;;;;;;;+1;;-1/i;;;;;1D;;;;;;. The Morgan fingerprint density at radius 2 is 1.13 bits per heavy atom. The molecule has 0 aliphatic heterocycles. The summed E-state index contributed by atoms with van der Waals surface area (Å²) in [5.74, 6) is -1.08. The minimum atomic E-state index is -4.67. The number of hydrogen-bond donors (Lipinski definition) is 6. The molecule has 0 unspecified atom stereocenters. The molecule has 6 N–H and O–H groups in total. The summed E-state index contributed by atoms with van der Waals surface area (Å²) >= 11 is 5.42. The third kappa shape index (κ3) is 58.6. The molecule has 20 nitrogen and oxygen atoms in total. The second-order valence-electron chi connectivity index (χ2n) is 6.61. The monoisotopic (exact) mass is 860 g/mol. The quantitative estimate of drug-likeness (QED) is 0.0490. The van der Waals surface area contributed by atoms with Crippen molar-refractivity contribution in [1.82, 2.24) is 39.9 Å².